The van der Waals surface area contributed by atoms with Crippen LogP contribution in [0.25, 0.3) is 0 Å². The maximum absolute atomic E-state index is 13.8. The fourth-order valence-electron chi connectivity index (χ4n) is 3.22. The highest BCUT2D eigenvalue weighted by molar-refractivity contribution is 5.86. The first kappa shape index (κ1) is 17.5. The van der Waals surface area contributed by atoms with Crippen LogP contribution in [0.5, 0.6) is 0 Å². The van der Waals surface area contributed by atoms with Crippen molar-refractivity contribution in [2.45, 2.75) is 32.7 Å². The zero-order valence-electron chi connectivity index (χ0n) is 14.3. The van der Waals surface area contributed by atoms with E-state index in [4.69, 9.17) is 0 Å². The molecule has 1 saturated heterocycles. The summed E-state index contributed by atoms with van der Waals surface area (Å²) in [6, 6.07) is 6.43. The van der Waals surface area contributed by atoms with Crippen LogP contribution in [-0.2, 0) is 17.8 Å². The maximum atomic E-state index is 13.8. The highest BCUT2D eigenvalue weighted by atomic mass is 19.1. The van der Waals surface area contributed by atoms with E-state index >= 15 is 0 Å². The number of hydrogen-bond acceptors (Lipinski definition) is 4. The number of Topliss-reactive ketones (excluding diaryl/α,β-unsaturated/α-hetero) is 1. The van der Waals surface area contributed by atoms with Crippen molar-refractivity contribution in [3.63, 3.8) is 0 Å². The molecule has 0 radical (unpaired) electrons. The quantitative estimate of drug-likeness (QED) is 0.905. The number of H-pyrrole nitrogens is 1. The van der Waals surface area contributed by atoms with E-state index in [9.17, 15) is 14.0 Å². The van der Waals surface area contributed by atoms with Gasteiger partial charge in [0, 0.05) is 30.8 Å². The monoisotopic (exact) mass is 343 g/mol. The predicted octanol–water partition coefficient (Wildman–Crippen LogP) is 2.32. The minimum Gasteiger partial charge on any atom is -0.326 e. The third-order valence-electron chi connectivity index (χ3n) is 5.10. The number of piperidine rings is 1. The number of aromatic nitrogens is 2. The highest BCUT2D eigenvalue weighted by Crippen LogP contribution is 2.33. The molecule has 0 spiro atoms. The number of rotatable bonds is 5. The second-order valence-corrected chi connectivity index (χ2v) is 6.89. The molecule has 1 N–H and O–H groups in total. The summed E-state index contributed by atoms with van der Waals surface area (Å²) >= 11 is 0. The lowest BCUT2D eigenvalue weighted by Crippen LogP contribution is -2.43. The van der Waals surface area contributed by atoms with Gasteiger partial charge in [-0.05, 0) is 37.6 Å². The molecule has 1 aromatic heterocycles. The molecular formula is C19H22FN3O2. The molecule has 2 aromatic rings. The van der Waals surface area contributed by atoms with Crippen LogP contribution in [0.3, 0.4) is 0 Å². The SMILES string of the molecule is CC1(C(=O)Cc2ccccc2F)CCN(Cc2ncc[nH]c2=O)CC1. The summed E-state index contributed by atoms with van der Waals surface area (Å²) in [4.78, 5) is 33.3. The molecule has 1 aromatic carbocycles. The molecule has 0 amide bonds. The first-order valence-electron chi connectivity index (χ1n) is 8.49. The average Bonchev–Trinajstić information content (AvgIpc) is 2.61. The first-order chi connectivity index (χ1) is 12.0. The Labute approximate surface area is 145 Å². The molecule has 6 heteroatoms. The second kappa shape index (κ2) is 7.27. The molecule has 2 heterocycles. The van der Waals surface area contributed by atoms with E-state index in [-0.39, 0.29) is 23.6 Å². The molecule has 0 aliphatic carbocycles. The van der Waals surface area contributed by atoms with Crippen LogP contribution in [0.1, 0.15) is 31.0 Å². The fourth-order valence-corrected chi connectivity index (χ4v) is 3.22. The Kier molecular flexibility index (Phi) is 5.08. The van der Waals surface area contributed by atoms with Crippen molar-refractivity contribution >= 4 is 5.78 Å². The first-order valence-corrected chi connectivity index (χ1v) is 8.49. The molecule has 25 heavy (non-hydrogen) atoms. The lowest BCUT2D eigenvalue weighted by Gasteiger charge is -2.38. The molecule has 5 nitrogen and oxygen atoms in total. The average molecular weight is 343 g/mol. The molecule has 1 aliphatic rings. The van der Waals surface area contributed by atoms with Gasteiger partial charge >= 0.3 is 0 Å². The van der Waals surface area contributed by atoms with Crippen LogP contribution in [-0.4, -0.2) is 33.7 Å². The summed E-state index contributed by atoms with van der Waals surface area (Å²) < 4.78 is 13.8. The number of aromatic amines is 1. The lowest BCUT2D eigenvalue weighted by molar-refractivity contribution is -0.129. The molecule has 1 fully saturated rings. The van der Waals surface area contributed by atoms with Gasteiger partial charge in [-0.1, -0.05) is 25.1 Å². The van der Waals surface area contributed by atoms with Crippen molar-refractivity contribution in [3.05, 3.63) is 64.1 Å². The molecule has 3 rings (SSSR count). The Hall–Kier alpha value is -2.34. The smallest absolute Gasteiger partial charge is 0.270 e. The second-order valence-electron chi connectivity index (χ2n) is 6.89. The minimum atomic E-state index is -0.449. The van der Waals surface area contributed by atoms with Gasteiger partial charge in [0.15, 0.2) is 0 Å². The summed E-state index contributed by atoms with van der Waals surface area (Å²) in [5, 5.41) is 0. The molecule has 0 saturated carbocycles. The van der Waals surface area contributed by atoms with Crippen LogP contribution < -0.4 is 5.56 Å². The van der Waals surface area contributed by atoms with Crippen LogP contribution in [0.4, 0.5) is 4.39 Å². The van der Waals surface area contributed by atoms with Crippen molar-refractivity contribution in [3.8, 4) is 0 Å². The van der Waals surface area contributed by atoms with Crippen LogP contribution >= 0.6 is 0 Å². The largest absolute Gasteiger partial charge is 0.326 e. The number of halogens is 1. The molecule has 0 unspecified atom stereocenters. The zero-order valence-corrected chi connectivity index (χ0v) is 14.3. The summed E-state index contributed by atoms with van der Waals surface area (Å²) in [5.41, 5.74) is 0.321. The van der Waals surface area contributed by atoms with Crippen LogP contribution in [0.15, 0.2) is 41.5 Å². The van der Waals surface area contributed by atoms with E-state index in [0.29, 0.717) is 30.6 Å². The van der Waals surface area contributed by atoms with E-state index in [2.05, 4.69) is 14.9 Å². The van der Waals surface area contributed by atoms with E-state index in [1.807, 2.05) is 6.92 Å². The lowest BCUT2D eigenvalue weighted by atomic mass is 9.75. The number of benzene rings is 1. The summed E-state index contributed by atoms with van der Waals surface area (Å²) in [5.74, 6) is -0.251. The van der Waals surface area contributed by atoms with E-state index in [0.717, 1.165) is 13.1 Å². The van der Waals surface area contributed by atoms with Gasteiger partial charge in [-0.15, -0.1) is 0 Å². The van der Waals surface area contributed by atoms with E-state index in [1.54, 1.807) is 24.4 Å². The fraction of sp³-hybridized carbons (Fsp3) is 0.421. The summed E-state index contributed by atoms with van der Waals surface area (Å²) in [6.07, 6.45) is 4.61. The van der Waals surface area contributed by atoms with Gasteiger partial charge in [0.05, 0.1) is 0 Å². The number of nitrogens with zero attached hydrogens (tertiary/aromatic N) is 2. The summed E-state index contributed by atoms with van der Waals surface area (Å²) in [7, 11) is 0. The normalized spacial score (nSPS) is 17.4. The standard InChI is InChI=1S/C19H22FN3O2/c1-19(17(24)12-14-4-2-3-5-15(14)20)6-10-23(11-7-19)13-16-18(25)22-9-8-21-16/h2-5,8-9H,6-7,10-13H2,1H3,(H,22,25). The molecule has 1 aliphatic heterocycles. The third kappa shape index (κ3) is 4.02. The maximum Gasteiger partial charge on any atom is 0.270 e. The number of likely N-dealkylation sites (tertiary alicyclic amines) is 1. The minimum absolute atomic E-state index is 0.0768. The Morgan fingerprint density at radius 2 is 2.04 bits per heavy atom. The number of hydrogen-bond donors (Lipinski definition) is 1. The molecular weight excluding hydrogens is 321 g/mol. The topological polar surface area (TPSA) is 66.1 Å². The van der Waals surface area contributed by atoms with Crippen LogP contribution in [0, 0.1) is 11.2 Å². The van der Waals surface area contributed by atoms with Crippen molar-refractivity contribution in [2.24, 2.45) is 5.41 Å². The van der Waals surface area contributed by atoms with Crippen molar-refractivity contribution in [2.75, 3.05) is 13.1 Å². The Morgan fingerprint density at radius 3 is 2.72 bits per heavy atom. The Balaban J connectivity index is 1.60. The van der Waals surface area contributed by atoms with Gasteiger partial charge < -0.3 is 4.98 Å². The van der Waals surface area contributed by atoms with Gasteiger partial charge in [-0.25, -0.2) is 4.39 Å². The summed E-state index contributed by atoms with van der Waals surface area (Å²) in [6.45, 7) is 3.87. The van der Waals surface area contributed by atoms with Gasteiger partial charge in [0.25, 0.3) is 5.56 Å². The number of carbonyl (C=O) groups is 1. The molecule has 0 bridgehead atoms. The van der Waals surface area contributed by atoms with Crippen LogP contribution in [0.2, 0.25) is 0 Å². The van der Waals surface area contributed by atoms with E-state index < -0.39 is 5.41 Å². The highest BCUT2D eigenvalue weighted by Gasteiger charge is 2.36. The van der Waals surface area contributed by atoms with E-state index in [1.165, 1.54) is 12.3 Å². The van der Waals surface area contributed by atoms with Gasteiger partial charge in [-0.2, -0.15) is 0 Å². The van der Waals surface area contributed by atoms with Crippen molar-refractivity contribution in [1.82, 2.24) is 14.9 Å². The molecule has 132 valence electrons. The third-order valence-corrected chi connectivity index (χ3v) is 5.10. The zero-order chi connectivity index (χ0) is 17.9. The Bertz CT molecular complexity index is 810. The number of carbonyl (C=O) groups excluding carboxylic acids is 1. The predicted molar refractivity (Wildman–Crippen MR) is 92.6 cm³/mol. The van der Waals surface area contributed by atoms with Gasteiger partial charge in [0.2, 0.25) is 0 Å². The number of nitrogens with one attached hydrogen (secondary N) is 1. The van der Waals surface area contributed by atoms with Gasteiger partial charge in [-0.3, -0.25) is 19.5 Å². The number of ketones is 1. The van der Waals surface area contributed by atoms with Crippen molar-refractivity contribution < 1.29 is 9.18 Å². The molecule has 0 atom stereocenters. The van der Waals surface area contributed by atoms with Crippen molar-refractivity contribution in [1.29, 1.82) is 0 Å². The Morgan fingerprint density at radius 1 is 1.32 bits per heavy atom. The van der Waals surface area contributed by atoms with Gasteiger partial charge in [0.1, 0.15) is 17.3 Å².